The van der Waals surface area contributed by atoms with Crippen LogP contribution in [0.15, 0.2) is 47.7 Å². The molecule has 0 aliphatic heterocycles. The largest absolute Gasteiger partial charge is 0.360 e. The number of nitrogens with zero attached hydrogens (tertiary/aromatic N) is 3. The van der Waals surface area contributed by atoms with Crippen molar-refractivity contribution >= 4 is 22.7 Å². The second-order valence-corrected chi connectivity index (χ2v) is 4.38. The molecule has 1 aromatic carbocycles. The number of imidazole rings is 1. The molecule has 3 rings (SSSR count). The minimum Gasteiger partial charge on any atom is -0.360 e. The van der Waals surface area contributed by atoms with Crippen LogP contribution in [0.2, 0.25) is 0 Å². The lowest BCUT2D eigenvalue weighted by atomic mass is 10.3. The normalized spacial score (nSPS) is 12.0. The Balaban J connectivity index is 1.90. The van der Waals surface area contributed by atoms with Gasteiger partial charge in [-0.05, 0) is 31.2 Å². The summed E-state index contributed by atoms with van der Waals surface area (Å²) in [5.41, 5.74) is 6.93. The Bertz CT molecular complexity index is 721. The molecule has 96 valence electrons. The summed E-state index contributed by atoms with van der Waals surface area (Å²) in [6.07, 6.45) is 1.88. The van der Waals surface area contributed by atoms with E-state index in [-0.39, 0.29) is 0 Å². The third-order valence-corrected chi connectivity index (χ3v) is 3.10. The summed E-state index contributed by atoms with van der Waals surface area (Å²) in [5.74, 6) is 0.729. The van der Waals surface area contributed by atoms with Crippen molar-refractivity contribution in [3.05, 3.63) is 48.3 Å². The Hall–Kier alpha value is -2.56. The summed E-state index contributed by atoms with van der Waals surface area (Å²) >= 11 is 0. The number of rotatable bonds is 3. The van der Waals surface area contributed by atoms with Crippen LogP contribution in [0.1, 0.15) is 12.6 Å². The first kappa shape index (κ1) is 11.5. The van der Waals surface area contributed by atoms with Crippen LogP contribution < -0.4 is 5.43 Å². The second-order valence-electron chi connectivity index (χ2n) is 4.38. The number of hydrogen-bond acceptors (Lipinski definition) is 3. The maximum atomic E-state index is 4.50. The highest BCUT2D eigenvalue weighted by Crippen LogP contribution is 2.17. The standard InChI is InChI=1S/C14H15N5/c1-10(11-7-5-9-15-11)17-18-14-16-12-6-3-4-8-13(12)19(14)2/h3-9,15H,1-2H3,(H,16,18). The Kier molecular flexibility index (Phi) is 2.79. The molecule has 0 bridgehead atoms. The number of anilines is 1. The molecule has 0 saturated carbocycles. The van der Waals surface area contributed by atoms with E-state index in [4.69, 9.17) is 0 Å². The SMILES string of the molecule is CC(=NNc1nc2ccccc2n1C)c1ccc[nH]1. The number of para-hydroxylation sites is 2. The van der Waals surface area contributed by atoms with Crippen LogP contribution in [0.25, 0.3) is 11.0 Å². The van der Waals surface area contributed by atoms with E-state index < -0.39 is 0 Å². The number of hydrogen-bond donors (Lipinski definition) is 2. The molecule has 3 aromatic rings. The van der Waals surface area contributed by atoms with E-state index in [0.29, 0.717) is 0 Å². The first-order valence-corrected chi connectivity index (χ1v) is 6.11. The zero-order chi connectivity index (χ0) is 13.2. The molecule has 0 unspecified atom stereocenters. The monoisotopic (exact) mass is 253 g/mol. The molecule has 0 saturated heterocycles. The molecule has 0 aliphatic carbocycles. The predicted molar refractivity (Wildman–Crippen MR) is 77.3 cm³/mol. The molecular formula is C14H15N5. The van der Waals surface area contributed by atoms with E-state index in [1.54, 1.807) is 0 Å². The fourth-order valence-electron chi connectivity index (χ4n) is 1.99. The first-order chi connectivity index (χ1) is 9.25. The number of aromatic nitrogens is 3. The van der Waals surface area contributed by atoms with Gasteiger partial charge in [0.1, 0.15) is 0 Å². The average Bonchev–Trinajstić information content (AvgIpc) is 3.05. The molecule has 0 amide bonds. The highest BCUT2D eigenvalue weighted by atomic mass is 15.4. The van der Waals surface area contributed by atoms with Crippen LogP contribution in [0, 0.1) is 0 Å². The number of aryl methyl sites for hydroxylation is 1. The van der Waals surface area contributed by atoms with Crippen molar-refractivity contribution in [3.8, 4) is 0 Å². The van der Waals surface area contributed by atoms with Crippen molar-refractivity contribution in [1.29, 1.82) is 0 Å². The van der Waals surface area contributed by atoms with Gasteiger partial charge >= 0.3 is 0 Å². The maximum Gasteiger partial charge on any atom is 0.224 e. The molecule has 0 atom stereocenters. The Morgan fingerprint density at radius 3 is 2.84 bits per heavy atom. The van der Waals surface area contributed by atoms with Crippen LogP contribution in [0.3, 0.4) is 0 Å². The zero-order valence-corrected chi connectivity index (χ0v) is 10.9. The van der Waals surface area contributed by atoms with E-state index in [0.717, 1.165) is 28.4 Å². The second kappa shape index (κ2) is 4.61. The Morgan fingerprint density at radius 2 is 2.11 bits per heavy atom. The maximum absolute atomic E-state index is 4.50. The van der Waals surface area contributed by atoms with Crippen molar-refractivity contribution in [2.75, 3.05) is 5.43 Å². The van der Waals surface area contributed by atoms with Crippen molar-refractivity contribution in [3.63, 3.8) is 0 Å². The van der Waals surface area contributed by atoms with Gasteiger partial charge in [-0.2, -0.15) is 5.10 Å². The Morgan fingerprint density at radius 1 is 1.26 bits per heavy atom. The van der Waals surface area contributed by atoms with Gasteiger partial charge in [-0.3, -0.25) is 0 Å². The number of nitrogens with one attached hydrogen (secondary N) is 2. The van der Waals surface area contributed by atoms with Crippen LogP contribution in [0.5, 0.6) is 0 Å². The Labute approximate surface area is 111 Å². The molecule has 5 nitrogen and oxygen atoms in total. The lowest BCUT2D eigenvalue weighted by Gasteiger charge is -2.02. The minimum absolute atomic E-state index is 0.729. The number of aromatic amines is 1. The number of fused-ring (bicyclic) bond motifs is 1. The third-order valence-electron chi connectivity index (χ3n) is 3.10. The summed E-state index contributed by atoms with van der Waals surface area (Å²) in [6, 6.07) is 11.9. The van der Waals surface area contributed by atoms with Crippen molar-refractivity contribution < 1.29 is 0 Å². The van der Waals surface area contributed by atoms with Crippen LogP contribution in [-0.4, -0.2) is 20.2 Å². The zero-order valence-electron chi connectivity index (χ0n) is 10.9. The molecule has 0 aliphatic rings. The number of H-pyrrole nitrogens is 1. The smallest absolute Gasteiger partial charge is 0.224 e. The molecule has 0 radical (unpaired) electrons. The molecule has 0 fully saturated rings. The predicted octanol–water partition coefficient (Wildman–Crippen LogP) is 2.74. The first-order valence-electron chi connectivity index (χ1n) is 6.11. The van der Waals surface area contributed by atoms with Crippen LogP contribution >= 0.6 is 0 Å². The molecule has 2 heterocycles. The van der Waals surface area contributed by atoms with Crippen molar-refractivity contribution in [2.45, 2.75) is 6.92 Å². The third kappa shape index (κ3) is 2.10. The fourth-order valence-corrected chi connectivity index (χ4v) is 1.99. The summed E-state index contributed by atoms with van der Waals surface area (Å²) in [6.45, 7) is 1.95. The fraction of sp³-hybridized carbons (Fsp3) is 0.143. The summed E-state index contributed by atoms with van der Waals surface area (Å²) in [7, 11) is 1.97. The van der Waals surface area contributed by atoms with Crippen molar-refractivity contribution in [1.82, 2.24) is 14.5 Å². The topological polar surface area (TPSA) is 58.0 Å². The average molecular weight is 253 g/mol. The van der Waals surface area contributed by atoms with Crippen LogP contribution in [0.4, 0.5) is 5.95 Å². The van der Waals surface area contributed by atoms with E-state index in [1.165, 1.54) is 0 Å². The van der Waals surface area contributed by atoms with E-state index in [2.05, 4.69) is 20.5 Å². The van der Waals surface area contributed by atoms with Crippen molar-refractivity contribution in [2.24, 2.45) is 12.1 Å². The number of benzene rings is 1. The van der Waals surface area contributed by atoms with Gasteiger partial charge in [0.2, 0.25) is 5.95 Å². The van der Waals surface area contributed by atoms with Gasteiger partial charge in [-0.25, -0.2) is 10.4 Å². The van der Waals surface area contributed by atoms with Crippen LogP contribution in [-0.2, 0) is 7.05 Å². The summed E-state index contributed by atoms with van der Waals surface area (Å²) in [4.78, 5) is 7.62. The van der Waals surface area contributed by atoms with E-state index in [1.807, 2.05) is 61.1 Å². The van der Waals surface area contributed by atoms with Gasteiger partial charge in [-0.15, -0.1) is 0 Å². The van der Waals surface area contributed by atoms with Gasteiger partial charge < -0.3 is 9.55 Å². The van der Waals surface area contributed by atoms with Gasteiger partial charge in [0.05, 0.1) is 22.4 Å². The van der Waals surface area contributed by atoms with Gasteiger partial charge in [0.25, 0.3) is 0 Å². The highest BCUT2D eigenvalue weighted by Gasteiger charge is 2.06. The highest BCUT2D eigenvalue weighted by molar-refractivity contribution is 5.97. The molecule has 5 heteroatoms. The summed E-state index contributed by atoms with van der Waals surface area (Å²) in [5, 5.41) is 4.35. The summed E-state index contributed by atoms with van der Waals surface area (Å²) < 4.78 is 1.99. The molecular weight excluding hydrogens is 238 g/mol. The molecule has 19 heavy (non-hydrogen) atoms. The molecule has 2 N–H and O–H groups in total. The molecule has 0 spiro atoms. The van der Waals surface area contributed by atoms with E-state index >= 15 is 0 Å². The van der Waals surface area contributed by atoms with Gasteiger partial charge in [0, 0.05) is 13.2 Å². The number of hydrazone groups is 1. The quantitative estimate of drug-likeness (QED) is 0.557. The lowest BCUT2D eigenvalue weighted by Crippen LogP contribution is -2.03. The van der Waals surface area contributed by atoms with E-state index in [9.17, 15) is 0 Å². The lowest BCUT2D eigenvalue weighted by molar-refractivity contribution is 0.942. The minimum atomic E-state index is 0.729. The van der Waals surface area contributed by atoms with Gasteiger partial charge in [0.15, 0.2) is 0 Å². The van der Waals surface area contributed by atoms with Gasteiger partial charge in [-0.1, -0.05) is 12.1 Å². The molecule has 2 aromatic heterocycles.